The molecule has 1 aliphatic rings. The molecule has 0 radical (unpaired) electrons. The van der Waals surface area contributed by atoms with Crippen molar-refractivity contribution in [3.8, 4) is 11.4 Å². The highest BCUT2D eigenvalue weighted by Gasteiger charge is 2.36. The van der Waals surface area contributed by atoms with Crippen molar-refractivity contribution in [2.75, 3.05) is 0 Å². The summed E-state index contributed by atoms with van der Waals surface area (Å²) < 4.78 is 4.19. The molecule has 2 aromatic rings. The zero-order chi connectivity index (χ0) is 10.6. The van der Waals surface area contributed by atoms with Crippen molar-refractivity contribution in [1.29, 1.82) is 0 Å². The van der Waals surface area contributed by atoms with Crippen LogP contribution in [0.2, 0.25) is 0 Å². The lowest BCUT2D eigenvalue weighted by molar-refractivity contribution is -0.667. The third-order valence-corrected chi connectivity index (χ3v) is 3.19. The average Bonchev–Trinajstić information content (AvgIpc) is 2.68. The first kappa shape index (κ1) is 8.59. The monoisotopic (exact) mass is 201 g/mol. The van der Waals surface area contributed by atoms with Gasteiger partial charge in [0.25, 0.3) is 11.6 Å². The molecule has 0 fully saturated rings. The highest BCUT2D eigenvalue weighted by atomic mass is 15.4. The lowest BCUT2D eigenvalue weighted by atomic mass is 10.1. The van der Waals surface area contributed by atoms with Gasteiger partial charge in [-0.25, -0.2) is 4.57 Å². The van der Waals surface area contributed by atoms with E-state index >= 15 is 0 Å². The van der Waals surface area contributed by atoms with Gasteiger partial charge in [-0.3, -0.25) is 4.98 Å². The molecule has 0 aromatic carbocycles. The van der Waals surface area contributed by atoms with Gasteiger partial charge in [0.2, 0.25) is 0 Å². The molecule has 15 heavy (non-hydrogen) atoms. The van der Waals surface area contributed by atoms with Gasteiger partial charge in [0.15, 0.2) is 0 Å². The van der Waals surface area contributed by atoms with E-state index in [2.05, 4.69) is 32.3 Å². The fourth-order valence-electron chi connectivity index (χ4n) is 2.24. The van der Waals surface area contributed by atoms with Crippen LogP contribution < -0.4 is 4.57 Å². The fraction of sp³-hybridized carbons (Fsp3) is 0.364. The van der Waals surface area contributed by atoms with Crippen LogP contribution >= 0.6 is 0 Å². The molecule has 76 valence electrons. The lowest BCUT2D eigenvalue weighted by Gasteiger charge is -1.99. The quantitative estimate of drug-likeness (QED) is 0.596. The first-order chi connectivity index (χ1) is 7.20. The van der Waals surface area contributed by atoms with Crippen molar-refractivity contribution in [2.24, 2.45) is 7.05 Å². The van der Waals surface area contributed by atoms with E-state index in [1.165, 1.54) is 11.1 Å². The molecule has 1 atom stereocenters. The Morgan fingerprint density at radius 3 is 3.07 bits per heavy atom. The third kappa shape index (κ3) is 0.936. The molecule has 0 spiro atoms. The normalized spacial score (nSPS) is 17.7. The van der Waals surface area contributed by atoms with Gasteiger partial charge in [0.1, 0.15) is 6.04 Å². The van der Waals surface area contributed by atoms with Crippen LogP contribution in [-0.4, -0.2) is 14.8 Å². The number of pyridine rings is 1. The molecule has 1 unspecified atom stereocenters. The minimum Gasteiger partial charge on any atom is -0.264 e. The highest BCUT2D eigenvalue weighted by Crippen LogP contribution is 2.35. The summed E-state index contributed by atoms with van der Waals surface area (Å²) in [4.78, 5) is 4.19. The number of aryl methyl sites for hydroxylation is 1. The summed E-state index contributed by atoms with van der Waals surface area (Å²) >= 11 is 0. The molecule has 3 rings (SSSR count). The Balaban J connectivity index is 2.38. The summed E-state index contributed by atoms with van der Waals surface area (Å²) in [6.45, 7) is 4.19. The van der Waals surface area contributed by atoms with Crippen molar-refractivity contribution in [2.45, 2.75) is 19.9 Å². The molecule has 3 heterocycles. The molecule has 0 bridgehead atoms. The van der Waals surface area contributed by atoms with Gasteiger partial charge >= 0.3 is 0 Å². The maximum Gasteiger partial charge on any atom is 0.274 e. The number of hydrogen-bond donors (Lipinski definition) is 0. The zero-order valence-electron chi connectivity index (χ0n) is 9.10. The van der Waals surface area contributed by atoms with Crippen LogP contribution in [0.4, 0.5) is 0 Å². The Bertz CT molecular complexity index is 542. The van der Waals surface area contributed by atoms with E-state index in [0.29, 0.717) is 6.04 Å². The standard InChI is InChI=1S/C11H13N4/c1-7-9-4-5-12-6-10(9)11-14(3)8(2)13-15(7)11/h4-7H,1-3H3/q+1. The van der Waals surface area contributed by atoms with E-state index in [4.69, 9.17) is 0 Å². The predicted octanol–water partition coefficient (Wildman–Crippen LogP) is 1.00. The molecule has 0 N–H and O–H groups in total. The maximum atomic E-state index is 4.54. The Morgan fingerprint density at radius 1 is 1.47 bits per heavy atom. The Labute approximate surface area is 88.2 Å². The molecule has 2 aromatic heterocycles. The van der Waals surface area contributed by atoms with Gasteiger partial charge in [0.05, 0.1) is 12.6 Å². The van der Waals surface area contributed by atoms with Crippen molar-refractivity contribution < 1.29 is 4.57 Å². The molecular weight excluding hydrogens is 188 g/mol. The van der Waals surface area contributed by atoms with Gasteiger partial charge in [-0.05, 0) is 13.0 Å². The van der Waals surface area contributed by atoms with Gasteiger partial charge < -0.3 is 0 Å². The van der Waals surface area contributed by atoms with Gasteiger partial charge in [-0.1, -0.05) is 0 Å². The van der Waals surface area contributed by atoms with Crippen LogP contribution in [0.25, 0.3) is 11.4 Å². The first-order valence-electron chi connectivity index (χ1n) is 5.09. The molecular formula is C11H13N4+. The number of fused-ring (bicyclic) bond motifs is 3. The third-order valence-electron chi connectivity index (χ3n) is 3.19. The van der Waals surface area contributed by atoms with Crippen LogP contribution in [0.1, 0.15) is 24.4 Å². The minimum absolute atomic E-state index is 0.317. The summed E-state index contributed by atoms with van der Waals surface area (Å²) in [6, 6.07) is 2.39. The number of aromatic nitrogens is 4. The van der Waals surface area contributed by atoms with Crippen LogP contribution in [0, 0.1) is 6.92 Å². The second kappa shape index (κ2) is 2.66. The minimum atomic E-state index is 0.317. The molecule has 4 heteroatoms. The van der Waals surface area contributed by atoms with E-state index in [9.17, 15) is 0 Å². The van der Waals surface area contributed by atoms with Crippen LogP contribution in [0.5, 0.6) is 0 Å². The number of nitrogens with zero attached hydrogens (tertiary/aromatic N) is 4. The van der Waals surface area contributed by atoms with E-state index in [-0.39, 0.29) is 0 Å². The van der Waals surface area contributed by atoms with Gasteiger partial charge in [0, 0.05) is 30.0 Å². The van der Waals surface area contributed by atoms with Crippen molar-refractivity contribution >= 4 is 0 Å². The Morgan fingerprint density at radius 2 is 2.27 bits per heavy atom. The maximum absolute atomic E-state index is 4.54. The SMILES string of the molecule is Cc1nn2c([n+]1C)-c1cnccc1C2C. The lowest BCUT2D eigenvalue weighted by Crippen LogP contribution is -2.31. The molecule has 0 aliphatic carbocycles. The Kier molecular flexibility index (Phi) is 1.52. The second-order valence-electron chi connectivity index (χ2n) is 4.01. The summed E-state index contributed by atoms with van der Waals surface area (Å²) in [5, 5.41) is 4.54. The summed E-state index contributed by atoms with van der Waals surface area (Å²) in [5.74, 6) is 2.19. The largest absolute Gasteiger partial charge is 0.274 e. The summed E-state index contributed by atoms with van der Waals surface area (Å²) in [6.07, 6.45) is 3.76. The smallest absolute Gasteiger partial charge is 0.264 e. The highest BCUT2D eigenvalue weighted by molar-refractivity contribution is 5.62. The summed E-state index contributed by atoms with van der Waals surface area (Å²) in [7, 11) is 2.04. The predicted molar refractivity (Wildman–Crippen MR) is 55.2 cm³/mol. The number of hydrogen-bond acceptors (Lipinski definition) is 2. The van der Waals surface area contributed by atoms with Crippen molar-refractivity contribution in [3.63, 3.8) is 0 Å². The van der Waals surface area contributed by atoms with Crippen LogP contribution in [-0.2, 0) is 7.05 Å². The fourth-order valence-corrected chi connectivity index (χ4v) is 2.24. The van der Waals surface area contributed by atoms with Gasteiger partial charge in [-0.15, -0.1) is 4.68 Å². The average molecular weight is 201 g/mol. The van der Waals surface area contributed by atoms with E-state index in [1.807, 2.05) is 26.4 Å². The molecule has 0 amide bonds. The van der Waals surface area contributed by atoms with Crippen LogP contribution in [0.3, 0.4) is 0 Å². The van der Waals surface area contributed by atoms with E-state index < -0.39 is 0 Å². The molecule has 0 saturated carbocycles. The van der Waals surface area contributed by atoms with Gasteiger partial charge in [-0.2, -0.15) is 0 Å². The zero-order valence-corrected chi connectivity index (χ0v) is 9.10. The van der Waals surface area contributed by atoms with Crippen LogP contribution in [0.15, 0.2) is 18.5 Å². The first-order valence-corrected chi connectivity index (χ1v) is 5.09. The van der Waals surface area contributed by atoms with E-state index in [1.54, 1.807) is 0 Å². The Hall–Kier alpha value is -1.71. The summed E-state index contributed by atoms with van der Waals surface area (Å²) in [5.41, 5.74) is 2.51. The molecule has 0 saturated heterocycles. The van der Waals surface area contributed by atoms with Crippen molar-refractivity contribution in [1.82, 2.24) is 14.8 Å². The number of rotatable bonds is 0. The topological polar surface area (TPSA) is 34.6 Å². The van der Waals surface area contributed by atoms with Crippen molar-refractivity contribution in [3.05, 3.63) is 29.8 Å². The molecule has 4 nitrogen and oxygen atoms in total. The van der Waals surface area contributed by atoms with E-state index in [0.717, 1.165) is 11.6 Å². The molecule has 1 aliphatic heterocycles. The second-order valence-corrected chi connectivity index (χ2v) is 4.01.